The van der Waals surface area contributed by atoms with E-state index in [2.05, 4.69) is 40.3 Å². The van der Waals surface area contributed by atoms with Crippen LogP contribution in [-0.4, -0.2) is 27.9 Å². The highest BCUT2D eigenvalue weighted by Crippen LogP contribution is 2.23. The average molecular weight is 336 g/mol. The molecule has 3 aromatic rings. The second-order valence-electron chi connectivity index (χ2n) is 6.06. The lowest BCUT2D eigenvalue weighted by Gasteiger charge is -2.10. The SMILES string of the molecule is C=CCn1cc(CNCCOc2cccc3ccc(C)nc23)c(C)n1. The van der Waals surface area contributed by atoms with E-state index in [-0.39, 0.29) is 0 Å². The number of nitrogens with zero attached hydrogens (tertiary/aromatic N) is 3. The Balaban J connectivity index is 1.52. The lowest BCUT2D eigenvalue weighted by atomic mass is 10.2. The topological polar surface area (TPSA) is 52.0 Å². The van der Waals surface area contributed by atoms with Crippen molar-refractivity contribution >= 4 is 10.9 Å². The summed E-state index contributed by atoms with van der Waals surface area (Å²) in [7, 11) is 0. The first-order chi connectivity index (χ1) is 12.2. The van der Waals surface area contributed by atoms with Crippen molar-refractivity contribution in [3.05, 3.63) is 66.1 Å². The van der Waals surface area contributed by atoms with Gasteiger partial charge in [0.2, 0.25) is 0 Å². The van der Waals surface area contributed by atoms with Gasteiger partial charge in [-0.25, -0.2) is 4.98 Å². The molecular formula is C20H24N4O. The number of hydrogen-bond acceptors (Lipinski definition) is 4. The molecule has 0 aliphatic rings. The summed E-state index contributed by atoms with van der Waals surface area (Å²) >= 11 is 0. The van der Waals surface area contributed by atoms with Crippen LogP contribution in [-0.2, 0) is 13.1 Å². The molecule has 0 aliphatic heterocycles. The number of para-hydroxylation sites is 1. The Labute approximate surface area is 148 Å². The number of fused-ring (bicyclic) bond motifs is 1. The molecule has 0 saturated carbocycles. The summed E-state index contributed by atoms with van der Waals surface area (Å²) in [5, 5.41) is 8.96. The third kappa shape index (κ3) is 4.25. The van der Waals surface area contributed by atoms with E-state index in [9.17, 15) is 0 Å². The highest BCUT2D eigenvalue weighted by atomic mass is 16.5. The van der Waals surface area contributed by atoms with Gasteiger partial charge in [-0.05, 0) is 26.0 Å². The molecule has 0 fully saturated rings. The normalized spacial score (nSPS) is 11.0. The maximum atomic E-state index is 5.93. The quantitative estimate of drug-likeness (QED) is 0.506. The maximum absolute atomic E-state index is 5.93. The van der Waals surface area contributed by atoms with Crippen molar-refractivity contribution < 1.29 is 4.74 Å². The molecule has 0 aliphatic carbocycles. The molecular weight excluding hydrogens is 312 g/mol. The smallest absolute Gasteiger partial charge is 0.145 e. The Morgan fingerprint density at radius 2 is 2.12 bits per heavy atom. The summed E-state index contributed by atoms with van der Waals surface area (Å²) < 4.78 is 7.83. The number of nitrogens with one attached hydrogen (secondary N) is 1. The minimum atomic E-state index is 0.592. The zero-order valence-electron chi connectivity index (χ0n) is 14.8. The van der Waals surface area contributed by atoms with Crippen LogP contribution in [0.1, 0.15) is 17.0 Å². The third-order valence-electron chi connectivity index (χ3n) is 4.04. The first-order valence-electron chi connectivity index (χ1n) is 8.51. The number of benzene rings is 1. The molecule has 2 heterocycles. The molecule has 0 unspecified atom stereocenters. The van der Waals surface area contributed by atoms with E-state index in [1.165, 1.54) is 5.56 Å². The van der Waals surface area contributed by atoms with Crippen LogP contribution < -0.4 is 10.1 Å². The van der Waals surface area contributed by atoms with Crippen molar-refractivity contribution in [2.24, 2.45) is 0 Å². The minimum Gasteiger partial charge on any atom is -0.490 e. The zero-order valence-corrected chi connectivity index (χ0v) is 14.8. The number of ether oxygens (including phenoxy) is 1. The molecule has 0 bridgehead atoms. The van der Waals surface area contributed by atoms with Gasteiger partial charge in [0.05, 0.1) is 12.2 Å². The molecule has 0 saturated heterocycles. The standard InChI is InChI=1S/C20H24N4O/c1-4-11-24-14-18(16(3)23-24)13-21-10-12-25-19-7-5-6-17-9-8-15(2)22-20(17)19/h4-9,14,21H,1,10-13H2,2-3H3. The van der Waals surface area contributed by atoms with Crippen LogP contribution in [0.2, 0.25) is 0 Å². The van der Waals surface area contributed by atoms with Crippen molar-refractivity contribution in [3.63, 3.8) is 0 Å². The van der Waals surface area contributed by atoms with E-state index < -0.39 is 0 Å². The maximum Gasteiger partial charge on any atom is 0.145 e. The second-order valence-corrected chi connectivity index (χ2v) is 6.06. The van der Waals surface area contributed by atoms with Crippen LogP contribution >= 0.6 is 0 Å². The number of rotatable bonds is 8. The highest BCUT2D eigenvalue weighted by molar-refractivity contribution is 5.84. The van der Waals surface area contributed by atoms with E-state index in [1.54, 1.807) is 0 Å². The van der Waals surface area contributed by atoms with Crippen LogP contribution in [0.5, 0.6) is 5.75 Å². The van der Waals surface area contributed by atoms with E-state index in [1.807, 2.05) is 42.8 Å². The van der Waals surface area contributed by atoms with Gasteiger partial charge in [-0.3, -0.25) is 4.68 Å². The molecule has 0 spiro atoms. The zero-order chi connectivity index (χ0) is 17.6. The summed E-state index contributed by atoms with van der Waals surface area (Å²) in [6.45, 7) is 10.6. The number of aromatic nitrogens is 3. The second kappa shape index (κ2) is 7.94. The largest absolute Gasteiger partial charge is 0.490 e. The Hall–Kier alpha value is -2.66. The van der Waals surface area contributed by atoms with Crippen molar-refractivity contribution in [1.82, 2.24) is 20.1 Å². The average Bonchev–Trinajstić information content (AvgIpc) is 2.94. The number of aryl methyl sites for hydroxylation is 2. The van der Waals surface area contributed by atoms with Gasteiger partial charge in [0, 0.05) is 35.9 Å². The molecule has 0 atom stereocenters. The van der Waals surface area contributed by atoms with Gasteiger partial charge in [0.25, 0.3) is 0 Å². The fourth-order valence-corrected chi connectivity index (χ4v) is 2.75. The van der Waals surface area contributed by atoms with Gasteiger partial charge in [-0.2, -0.15) is 5.10 Å². The van der Waals surface area contributed by atoms with Gasteiger partial charge in [-0.15, -0.1) is 6.58 Å². The molecule has 2 aromatic heterocycles. The Morgan fingerprint density at radius 1 is 1.24 bits per heavy atom. The molecule has 1 aromatic carbocycles. The molecule has 0 radical (unpaired) electrons. The predicted molar refractivity (Wildman–Crippen MR) is 101 cm³/mol. The van der Waals surface area contributed by atoms with Gasteiger partial charge in [-0.1, -0.05) is 24.3 Å². The minimum absolute atomic E-state index is 0.592. The Kier molecular flexibility index (Phi) is 5.46. The van der Waals surface area contributed by atoms with Crippen LogP contribution in [0.15, 0.2) is 49.2 Å². The monoisotopic (exact) mass is 336 g/mol. The molecule has 5 heteroatoms. The first kappa shape index (κ1) is 17.2. The summed E-state index contributed by atoms with van der Waals surface area (Å²) in [5.74, 6) is 0.831. The van der Waals surface area contributed by atoms with E-state index in [0.717, 1.165) is 47.7 Å². The third-order valence-corrected chi connectivity index (χ3v) is 4.04. The lowest BCUT2D eigenvalue weighted by molar-refractivity contribution is 0.316. The lowest BCUT2D eigenvalue weighted by Crippen LogP contribution is -2.20. The molecule has 5 nitrogen and oxygen atoms in total. The molecule has 3 rings (SSSR count). The van der Waals surface area contributed by atoms with Crippen LogP contribution in [0.3, 0.4) is 0 Å². The Bertz CT molecular complexity index is 869. The fraction of sp³-hybridized carbons (Fsp3) is 0.300. The number of pyridine rings is 1. The van der Waals surface area contributed by atoms with Crippen molar-refractivity contribution in [1.29, 1.82) is 0 Å². The van der Waals surface area contributed by atoms with Crippen LogP contribution in [0, 0.1) is 13.8 Å². The first-order valence-corrected chi connectivity index (χ1v) is 8.51. The predicted octanol–water partition coefficient (Wildman–Crippen LogP) is 3.40. The molecule has 0 amide bonds. The molecule has 1 N–H and O–H groups in total. The van der Waals surface area contributed by atoms with Gasteiger partial charge in [0.15, 0.2) is 0 Å². The van der Waals surface area contributed by atoms with Crippen molar-refractivity contribution in [2.75, 3.05) is 13.2 Å². The van der Waals surface area contributed by atoms with Gasteiger partial charge in [0.1, 0.15) is 17.9 Å². The number of allylic oxidation sites excluding steroid dienone is 1. The summed E-state index contributed by atoms with van der Waals surface area (Å²) in [6.07, 6.45) is 3.90. The van der Waals surface area contributed by atoms with Crippen molar-refractivity contribution in [3.8, 4) is 5.75 Å². The molecule has 130 valence electrons. The highest BCUT2D eigenvalue weighted by Gasteiger charge is 2.05. The van der Waals surface area contributed by atoms with Gasteiger partial charge >= 0.3 is 0 Å². The number of hydrogen-bond donors (Lipinski definition) is 1. The van der Waals surface area contributed by atoms with Crippen LogP contribution in [0.25, 0.3) is 10.9 Å². The summed E-state index contributed by atoms with van der Waals surface area (Å²) in [4.78, 5) is 4.59. The Morgan fingerprint density at radius 3 is 2.96 bits per heavy atom. The fourth-order valence-electron chi connectivity index (χ4n) is 2.75. The van der Waals surface area contributed by atoms with E-state index in [4.69, 9.17) is 4.74 Å². The van der Waals surface area contributed by atoms with E-state index >= 15 is 0 Å². The van der Waals surface area contributed by atoms with E-state index in [0.29, 0.717) is 6.61 Å². The summed E-state index contributed by atoms with van der Waals surface area (Å²) in [5.41, 5.74) is 4.16. The van der Waals surface area contributed by atoms with Crippen LogP contribution in [0.4, 0.5) is 0 Å². The molecule has 25 heavy (non-hydrogen) atoms. The summed E-state index contributed by atoms with van der Waals surface area (Å²) in [6, 6.07) is 10.1. The van der Waals surface area contributed by atoms with Gasteiger partial charge < -0.3 is 10.1 Å². The van der Waals surface area contributed by atoms with Crippen molar-refractivity contribution in [2.45, 2.75) is 26.9 Å².